The smallest absolute Gasteiger partial charge is 0.133 e. The van der Waals surface area contributed by atoms with Gasteiger partial charge < -0.3 is 0 Å². The van der Waals surface area contributed by atoms with E-state index >= 15 is 0 Å². The van der Waals surface area contributed by atoms with Crippen LogP contribution in [-0.2, 0) is 0 Å². The average Bonchev–Trinajstić information content (AvgIpc) is 3.01. The fourth-order valence-corrected chi connectivity index (χ4v) is 3.24. The fourth-order valence-electron chi connectivity index (χ4n) is 1.56. The summed E-state index contributed by atoms with van der Waals surface area (Å²) in [5.74, 6) is 1.41. The molecular weight excluding hydrogens is 308 g/mol. The van der Waals surface area contributed by atoms with E-state index in [2.05, 4.69) is 31.3 Å². The molecule has 0 unspecified atom stereocenters. The topological polar surface area (TPSA) is 25.8 Å². The Kier molecular flexibility index (Phi) is 2.73. The molecule has 0 aromatic carbocycles. The van der Waals surface area contributed by atoms with Gasteiger partial charge in [-0.25, -0.2) is 9.97 Å². The Hall–Kier alpha value is -0.450. The average molecular weight is 316 g/mol. The predicted molar refractivity (Wildman–Crippen MR) is 70.0 cm³/mol. The number of rotatable bonds is 2. The predicted octanol–water partition coefficient (Wildman–Crippen LogP) is 4.50. The van der Waals surface area contributed by atoms with E-state index in [1.165, 1.54) is 12.8 Å². The van der Waals surface area contributed by atoms with Gasteiger partial charge in [-0.1, -0.05) is 11.6 Å². The highest BCUT2D eigenvalue weighted by Gasteiger charge is 2.27. The third-order valence-corrected chi connectivity index (χ3v) is 4.44. The maximum Gasteiger partial charge on any atom is 0.133 e. The molecule has 0 aliphatic heterocycles. The first-order valence-corrected chi connectivity index (χ1v) is 7.12. The van der Waals surface area contributed by atoms with Crippen LogP contribution in [0.25, 0.3) is 11.3 Å². The molecule has 1 aliphatic carbocycles. The van der Waals surface area contributed by atoms with Crippen LogP contribution in [0.15, 0.2) is 21.3 Å². The van der Waals surface area contributed by atoms with Gasteiger partial charge in [-0.05, 0) is 28.8 Å². The summed E-state index contributed by atoms with van der Waals surface area (Å²) in [5, 5.41) is 4.65. The van der Waals surface area contributed by atoms with Gasteiger partial charge in [0.05, 0.1) is 5.69 Å². The molecule has 2 nitrogen and oxygen atoms in total. The minimum atomic E-state index is 0.523. The van der Waals surface area contributed by atoms with Crippen molar-refractivity contribution in [1.82, 2.24) is 9.97 Å². The lowest BCUT2D eigenvalue weighted by atomic mass is 10.2. The van der Waals surface area contributed by atoms with Gasteiger partial charge in [0.25, 0.3) is 0 Å². The van der Waals surface area contributed by atoms with Crippen LogP contribution in [0.4, 0.5) is 0 Å². The Labute approximate surface area is 111 Å². The Balaban J connectivity index is 2.10. The number of halogens is 2. The first kappa shape index (κ1) is 10.7. The van der Waals surface area contributed by atoms with E-state index in [0.717, 1.165) is 21.6 Å². The molecule has 0 atom stereocenters. The Bertz CT molecular complexity index is 537. The van der Waals surface area contributed by atoms with E-state index < -0.39 is 0 Å². The monoisotopic (exact) mass is 314 g/mol. The zero-order valence-electron chi connectivity index (χ0n) is 8.28. The third-order valence-electron chi connectivity index (χ3n) is 2.55. The van der Waals surface area contributed by atoms with E-state index in [0.29, 0.717) is 11.1 Å². The number of aromatic nitrogens is 2. The van der Waals surface area contributed by atoms with Gasteiger partial charge in [0.2, 0.25) is 0 Å². The Morgan fingerprint density at radius 1 is 1.31 bits per heavy atom. The highest BCUT2D eigenvalue weighted by molar-refractivity contribution is 9.10. The van der Waals surface area contributed by atoms with Crippen molar-refractivity contribution in [2.45, 2.75) is 18.8 Å². The van der Waals surface area contributed by atoms with Gasteiger partial charge in [0.1, 0.15) is 11.0 Å². The van der Waals surface area contributed by atoms with Gasteiger partial charge in [-0.3, -0.25) is 0 Å². The van der Waals surface area contributed by atoms with Gasteiger partial charge in [0.15, 0.2) is 0 Å². The van der Waals surface area contributed by atoms with Crippen molar-refractivity contribution in [3.05, 3.63) is 32.3 Å². The molecule has 0 radical (unpaired) electrons. The van der Waals surface area contributed by atoms with Crippen molar-refractivity contribution in [3.63, 3.8) is 0 Å². The molecule has 5 heteroatoms. The van der Waals surface area contributed by atoms with Crippen LogP contribution in [0.1, 0.15) is 24.6 Å². The second-order valence-electron chi connectivity index (χ2n) is 3.84. The maximum atomic E-state index is 6.03. The molecule has 3 rings (SSSR count). The summed E-state index contributed by atoms with van der Waals surface area (Å²) in [6.45, 7) is 0. The molecule has 82 valence electrons. The fraction of sp³-hybridized carbons (Fsp3) is 0.273. The summed E-state index contributed by atoms with van der Waals surface area (Å²) in [6.07, 6.45) is 2.37. The number of hydrogen-bond acceptors (Lipinski definition) is 3. The molecule has 16 heavy (non-hydrogen) atoms. The minimum Gasteiger partial charge on any atom is -0.232 e. The lowest BCUT2D eigenvalue weighted by molar-refractivity contribution is 0.931. The molecule has 0 amide bonds. The van der Waals surface area contributed by atoms with Crippen molar-refractivity contribution >= 4 is 38.9 Å². The van der Waals surface area contributed by atoms with Gasteiger partial charge in [0, 0.05) is 32.8 Å². The number of nitrogens with zero attached hydrogens (tertiary/aromatic N) is 2. The normalized spacial score (nSPS) is 15.4. The van der Waals surface area contributed by atoms with Gasteiger partial charge in [-0.15, -0.1) is 0 Å². The summed E-state index contributed by atoms with van der Waals surface area (Å²) in [7, 11) is 0. The van der Waals surface area contributed by atoms with Crippen LogP contribution in [0, 0.1) is 0 Å². The molecule has 0 spiro atoms. The number of thiophene rings is 1. The molecule has 0 N–H and O–H groups in total. The van der Waals surface area contributed by atoms with Crippen molar-refractivity contribution in [1.29, 1.82) is 0 Å². The molecule has 2 aromatic rings. The summed E-state index contributed by atoms with van der Waals surface area (Å²) in [6, 6.07) is 1.82. The standard InChI is InChI=1S/C11H8BrClN2S/c12-8-5-16-4-7(8)9-3-10(13)15-11(14-9)6-1-2-6/h3-6H,1-2H2. The van der Waals surface area contributed by atoms with Gasteiger partial charge >= 0.3 is 0 Å². The highest BCUT2D eigenvalue weighted by Crippen LogP contribution is 2.40. The van der Waals surface area contributed by atoms with Gasteiger partial charge in [-0.2, -0.15) is 11.3 Å². The first-order chi connectivity index (χ1) is 7.74. The Morgan fingerprint density at radius 2 is 2.12 bits per heavy atom. The second kappa shape index (κ2) is 4.09. The molecular formula is C11H8BrClN2S. The van der Waals surface area contributed by atoms with Crippen LogP contribution in [-0.4, -0.2) is 9.97 Å². The largest absolute Gasteiger partial charge is 0.232 e. The zero-order valence-corrected chi connectivity index (χ0v) is 11.4. The molecule has 1 fully saturated rings. The van der Waals surface area contributed by atoms with Crippen LogP contribution >= 0.6 is 38.9 Å². The van der Waals surface area contributed by atoms with Crippen molar-refractivity contribution < 1.29 is 0 Å². The SMILES string of the molecule is Clc1cc(-c2cscc2Br)nc(C2CC2)n1. The zero-order chi connectivity index (χ0) is 11.1. The third kappa shape index (κ3) is 2.01. The molecule has 1 aliphatic rings. The molecule has 0 saturated heterocycles. The molecule has 0 bridgehead atoms. The lowest BCUT2D eigenvalue weighted by Crippen LogP contribution is -1.95. The van der Waals surface area contributed by atoms with Crippen LogP contribution in [0.2, 0.25) is 5.15 Å². The number of hydrogen-bond donors (Lipinski definition) is 0. The summed E-state index contributed by atoms with van der Waals surface area (Å²) < 4.78 is 1.06. The maximum absolute atomic E-state index is 6.03. The molecule has 1 saturated carbocycles. The van der Waals surface area contributed by atoms with Crippen LogP contribution in [0.5, 0.6) is 0 Å². The summed E-state index contributed by atoms with van der Waals surface area (Å²) in [5.41, 5.74) is 2.01. The summed E-state index contributed by atoms with van der Waals surface area (Å²) >= 11 is 11.2. The first-order valence-electron chi connectivity index (χ1n) is 5.00. The van der Waals surface area contributed by atoms with Crippen LogP contribution < -0.4 is 0 Å². The quantitative estimate of drug-likeness (QED) is 0.763. The van der Waals surface area contributed by atoms with Crippen LogP contribution in [0.3, 0.4) is 0 Å². The lowest BCUT2D eigenvalue weighted by Gasteiger charge is -2.03. The highest BCUT2D eigenvalue weighted by atomic mass is 79.9. The second-order valence-corrected chi connectivity index (χ2v) is 5.83. The van der Waals surface area contributed by atoms with E-state index in [-0.39, 0.29) is 0 Å². The van der Waals surface area contributed by atoms with E-state index in [4.69, 9.17) is 11.6 Å². The minimum absolute atomic E-state index is 0.523. The van der Waals surface area contributed by atoms with E-state index in [9.17, 15) is 0 Å². The van der Waals surface area contributed by atoms with E-state index in [1.54, 1.807) is 11.3 Å². The molecule has 2 heterocycles. The van der Waals surface area contributed by atoms with Crippen molar-refractivity contribution in [2.24, 2.45) is 0 Å². The Morgan fingerprint density at radius 3 is 2.75 bits per heavy atom. The van der Waals surface area contributed by atoms with Crippen molar-refractivity contribution in [2.75, 3.05) is 0 Å². The molecule has 2 aromatic heterocycles. The summed E-state index contributed by atoms with van der Waals surface area (Å²) in [4.78, 5) is 8.86. The van der Waals surface area contributed by atoms with Crippen molar-refractivity contribution in [3.8, 4) is 11.3 Å². The van der Waals surface area contributed by atoms with E-state index in [1.807, 2.05) is 11.4 Å².